The molecule has 0 radical (unpaired) electrons. The van der Waals surface area contributed by atoms with Crippen LogP contribution in [0, 0.1) is 0 Å². The van der Waals surface area contributed by atoms with Crippen LogP contribution in [0.3, 0.4) is 0 Å². The lowest BCUT2D eigenvalue weighted by Gasteiger charge is -2.06. The van der Waals surface area contributed by atoms with Crippen LogP contribution in [-0.2, 0) is 0 Å². The average Bonchev–Trinajstić information content (AvgIpc) is 2.27. The van der Waals surface area contributed by atoms with E-state index in [9.17, 15) is 0 Å². The molecular formula is C10H18N6O. The first kappa shape index (κ1) is 13.1. The van der Waals surface area contributed by atoms with Crippen LogP contribution in [-0.4, -0.2) is 33.8 Å². The lowest BCUT2D eigenvalue weighted by molar-refractivity contribution is 0.312. The van der Waals surface area contributed by atoms with E-state index in [-0.39, 0.29) is 6.01 Å². The van der Waals surface area contributed by atoms with Gasteiger partial charge in [0.15, 0.2) is 0 Å². The molecule has 17 heavy (non-hydrogen) atoms. The molecule has 0 aliphatic rings. The standard InChI is InChI=1S/C10H18N6O/c1-5-11-8-13-9(12-6-2)15-10(14-8)17-16-7(3)4/h5-6H2,1-4H3,(H2,11,12,13,14,15). The second-order valence-corrected chi connectivity index (χ2v) is 3.46. The Morgan fingerprint density at radius 3 is 2.00 bits per heavy atom. The number of hydrogen-bond donors (Lipinski definition) is 2. The third-order valence-electron chi connectivity index (χ3n) is 1.59. The van der Waals surface area contributed by atoms with E-state index in [0.29, 0.717) is 11.9 Å². The van der Waals surface area contributed by atoms with Crippen LogP contribution in [0.4, 0.5) is 11.9 Å². The number of rotatable bonds is 6. The molecule has 0 saturated carbocycles. The van der Waals surface area contributed by atoms with Crippen molar-refractivity contribution in [2.24, 2.45) is 5.16 Å². The Bertz CT molecular complexity index is 364. The van der Waals surface area contributed by atoms with Gasteiger partial charge in [-0.3, -0.25) is 0 Å². The van der Waals surface area contributed by atoms with Gasteiger partial charge in [-0.1, -0.05) is 5.16 Å². The van der Waals surface area contributed by atoms with E-state index in [4.69, 9.17) is 4.84 Å². The Morgan fingerprint density at radius 2 is 1.59 bits per heavy atom. The molecule has 0 spiro atoms. The molecule has 0 bridgehead atoms. The molecule has 1 heterocycles. The van der Waals surface area contributed by atoms with Crippen LogP contribution < -0.4 is 15.5 Å². The predicted molar refractivity (Wildman–Crippen MR) is 67.6 cm³/mol. The fourth-order valence-corrected chi connectivity index (χ4v) is 1.00. The lowest BCUT2D eigenvalue weighted by Crippen LogP contribution is -2.09. The topological polar surface area (TPSA) is 84.3 Å². The van der Waals surface area contributed by atoms with Gasteiger partial charge in [-0.2, -0.15) is 15.0 Å². The molecule has 2 N–H and O–H groups in total. The van der Waals surface area contributed by atoms with Gasteiger partial charge >= 0.3 is 6.01 Å². The maximum absolute atomic E-state index is 5.09. The van der Waals surface area contributed by atoms with Gasteiger partial charge in [0.2, 0.25) is 11.9 Å². The number of nitrogens with one attached hydrogen (secondary N) is 2. The maximum atomic E-state index is 5.09. The molecule has 7 heteroatoms. The van der Waals surface area contributed by atoms with E-state index in [1.54, 1.807) is 0 Å². The first-order valence-electron chi connectivity index (χ1n) is 5.57. The zero-order valence-corrected chi connectivity index (χ0v) is 10.6. The molecule has 1 aromatic rings. The summed E-state index contributed by atoms with van der Waals surface area (Å²) in [6.07, 6.45) is 0. The van der Waals surface area contributed by atoms with Crippen molar-refractivity contribution in [1.29, 1.82) is 0 Å². The van der Waals surface area contributed by atoms with Crippen LogP contribution in [0.25, 0.3) is 0 Å². The molecule has 0 atom stereocenters. The van der Waals surface area contributed by atoms with Crippen molar-refractivity contribution in [2.45, 2.75) is 27.7 Å². The Balaban J connectivity index is 2.90. The van der Waals surface area contributed by atoms with Crippen molar-refractivity contribution in [2.75, 3.05) is 23.7 Å². The van der Waals surface area contributed by atoms with Crippen LogP contribution in [0.15, 0.2) is 5.16 Å². The van der Waals surface area contributed by atoms with Crippen LogP contribution in [0.2, 0.25) is 0 Å². The van der Waals surface area contributed by atoms with E-state index in [1.165, 1.54) is 0 Å². The normalized spacial score (nSPS) is 9.65. The lowest BCUT2D eigenvalue weighted by atomic mass is 10.5. The number of aromatic nitrogens is 3. The molecule has 0 saturated heterocycles. The summed E-state index contributed by atoms with van der Waals surface area (Å²) in [5.74, 6) is 0.940. The summed E-state index contributed by atoms with van der Waals surface area (Å²) < 4.78 is 0. The molecular weight excluding hydrogens is 220 g/mol. The van der Waals surface area contributed by atoms with Crippen LogP contribution in [0.1, 0.15) is 27.7 Å². The summed E-state index contributed by atoms with van der Waals surface area (Å²) >= 11 is 0. The minimum absolute atomic E-state index is 0.174. The summed E-state index contributed by atoms with van der Waals surface area (Å²) in [5.41, 5.74) is 0.792. The van der Waals surface area contributed by atoms with Gasteiger partial charge in [0.05, 0.1) is 5.71 Å². The van der Waals surface area contributed by atoms with Gasteiger partial charge in [-0.25, -0.2) is 0 Å². The first-order valence-corrected chi connectivity index (χ1v) is 5.57. The van der Waals surface area contributed by atoms with Crippen molar-refractivity contribution in [1.82, 2.24) is 15.0 Å². The van der Waals surface area contributed by atoms with Crippen molar-refractivity contribution >= 4 is 17.6 Å². The summed E-state index contributed by atoms with van der Waals surface area (Å²) in [6.45, 7) is 9.04. The minimum Gasteiger partial charge on any atom is -0.354 e. The molecule has 0 aromatic carbocycles. The van der Waals surface area contributed by atoms with Gasteiger partial charge < -0.3 is 15.5 Å². The van der Waals surface area contributed by atoms with Gasteiger partial charge in [0, 0.05) is 13.1 Å². The van der Waals surface area contributed by atoms with E-state index in [1.807, 2.05) is 27.7 Å². The summed E-state index contributed by atoms with van der Waals surface area (Å²) in [6, 6.07) is 0.174. The Kier molecular flexibility index (Phi) is 5.12. The van der Waals surface area contributed by atoms with Crippen molar-refractivity contribution in [3.8, 4) is 6.01 Å². The molecule has 1 rings (SSSR count). The number of nitrogens with zero attached hydrogens (tertiary/aromatic N) is 4. The Morgan fingerprint density at radius 1 is 1.06 bits per heavy atom. The molecule has 0 fully saturated rings. The molecule has 0 aliphatic carbocycles. The van der Waals surface area contributed by atoms with Crippen LogP contribution >= 0.6 is 0 Å². The van der Waals surface area contributed by atoms with Crippen molar-refractivity contribution in [3.05, 3.63) is 0 Å². The highest BCUT2D eigenvalue weighted by molar-refractivity contribution is 5.78. The molecule has 94 valence electrons. The largest absolute Gasteiger partial charge is 0.354 e. The van der Waals surface area contributed by atoms with E-state index in [0.717, 1.165) is 18.8 Å². The molecule has 0 unspecified atom stereocenters. The SMILES string of the molecule is CCNc1nc(NCC)nc(ON=C(C)C)n1. The number of oxime groups is 1. The number of hydrogen-bond acceptors (Lipinski definition) is 7. The third-order valence-corrected chi connectivity index (χ3v) is 1.59. The average molecular weight is 238 g/mol. The molecule has 0 amide bonds. The van der Waals surface area contributed by atoms with Gasteiger partial charge in [0.1, 0.15) is 0 Å². The summed E-state index contributed by atoms with van der Waals surface area (Å²) in [7, 11) is 0. The zero-order valence-electron chi connectivity index (χ0n) is 10.6. The highest BCUT2D eigenvalue weighted by Gasteiger charge is 2.06. The molecule has 0 aliphatic heterocycles. The van der Waals surface area contributed by atoms with Crippen LogP contribution in [0.5, 0.6) is 6.01 Å². The highest BCUT2D eigenvalue weighted by atomic mass is 16.6. The van der Waals surface area contributed by atoms with E-state index < -0.39 is 0 Å². The van der Waals surface area contributed by atoms with Crippen molar-refractivity contribution < 1.29 is 4.84 Å². The summed E-state index contributed by atoms with van der Waals surface area (Å²) in [4.78, 5) is 17.4. The Hall–Kier alpha value is -1.92. The van der Waals surface area contributed by atoms with Gasteiger partial charge in [0.25, 0.3) is 0 Å². The Labute approximate surface area is 101 Å². The van der Waals surface area contributed by atoms with E-state index >= 15 is 0 Å². The van der Waals surface area contributed by atoms with E-state index in [2.05, 4.69) is 30.7 Å². The second-order valence-electron chi connectivity index (χ2n) is 3.46. The monoisotopic (exact) mass is 238 g/mol. The minimum atomic E-state index is 0.174. The second kappa shape index (κ2) is 6.62. The smallest absolute Gasteiger partial charge is 0.352 e. The number of anilines is 2. The maximum Gasteiger partial charge on any atom is 0.352 e. The van der Waals surface area contributed by atoms with Crippen molar-refractivity contribution in [3.63, 3.8) is 0 Å². The predicted octanol–water partition coefficient (Wildman–Crippen LogP) is 1.51. The third kappa shape index (κ3) is 4.62. The highest BCUT2D eigenvalue weighted by Crippen LogP contribution is 2.11. The van der Waals surface area contributed by atoms with Gasteiger partial charge in [-0.15, -0.1) is 0 Å². The summed E-state index contributed by atoms with van der Waals surface area (Å²) in [5, 5.41) is 9.81. The first-order chi connectivity index (χ1) is 8.15. The zero-order chi connectivity index (χ0) is 12.7. The molecule has 1 aromatic heterocycles. The molecule has 7 nitrogen and oxygen atoms in total. The quantitative estimate of drug-likeness (QED) is 0.577. The fourth-order valence-electron chi connectivity index (χ4n) is 1.00. The van der Waals surface area contributed by atoms with Gasteiger partial charge in [-0.05, 0) is 27.7 Å². The fraction of sp³-hybridized carbons (Fsp3) is 0.600.